The quantitative estimate of drug-likeness (QED) is 0.373. The van der Waals surface area contributed by atoms with Crippen LogP contribution in [0.1, 0.15) is 44.6 Å². The zero-order valence-corrected chi connectivity index (χ0v) is 20.2. The van der Waals surface area contributed by atoms with Gasteiger partial charge < -0.3 is 13.8 Å². The van der Waals surface area contributed by atoms with Crippen molar-refractivity contribution in [2.45, 2.75) is 40.0 Å². The Bertz CT molecular complexity index is 753. The number of methoxy groups -OCH3 is 1. The summed E-state index contributed by atoms with van der Waals surface area (Å²) in [7, 11) is -1.84. The van der Waals surface area contributed by atoms with Crippen LogP contribution in [0.15, 0.2) is 54.6 Å². The molecule has 0 aliphatic heterocycles. The van der Waals surface area contributed by atoms with Crippen LogP contribution in [0.4, 0.5) is 0 Å². The summed E-state index contributed by atoms with van der Waals surface area (Å²) in [5.41, 5.74) is 1.95. The van der Waals surface area contributed by atoms with Gasteiger partial charge in [-0.1, -0.05) is 70.2 Å². The molecule has 2 rings (SSSR count). The summed E-state index contributed by atoms with van der Waals surface area (Å²) < 4.78 is 31.1. The van der Waals surface area contributed by atoms with Crippen molar-refractivity contribution in [2.75, 3.05) is 20.3 Å². The lowest BCUT2D eigenvalue weighted by atomic mass is 10.2. The molecule has 0 heterocycles. The molecule has 0 saturated heterocycles. The van der Waals surface area contributed by atoms with Crippen molar-refractivity contribution >= 4 is 20.0 Å². The average Bonchev–Trinajstić information content (AvgIpc) is 2.72. The van der Waals surface area contributed by atoms with Crippen molar-refractivity contribution < 1.29 is 18.3 Å². The summed E-state index contributed by atoms with van der Waals surface area (Å²) >= 11 is 0. The molecule has 30 heavy (non-hydrogen) atoms. The molecule has 2 aromatic carbocycles. The van der Waals surface area contributed by atoms with Gasteiger partial charge in [0.1, 0.15) is 11.5 Å². The first-order valence-electron chi connectivity index (χ1n) is 10.1. The van der Waals surface area contributed by atoms with Crippen LogP contribution in [-0.4, -0.2) is 20.3 Å². The number of halogens is 1. The van der Waals surface area contributed by atoms with E-state index in [2.05, 4.69) is 5.32 Å². The van der Waals surface area contributed by atoms with E-state index in [1.165, 1.54) is 0 Å². The molecule has 1 N–H and O–H groups in total. The molecule has 5 nitrogen and oxygen atoms in total. The molecule has 0 aliphatic carbocycles. The molecule has 0 spiro atoms. The van der Waals surface area contributed by atoms with Crippen molar-refractivity contribution in [3.8, 4) is 5.75 Å². The van der Waals surface area contributed by atoms with E-state index in [0.29, 0.717) is 19.8 Å². The van der Waals surface area contributed by atoms with E-state index in [9.17, 15) is 4.57 Å². The Morgan fingerprint density at radius 2 is 1.40 bits per heavy atom. The number of benzene rings is 2. The standard InChI is InChI=1S/C23H34NO4P.ClH/c1-18(2)16-27-29(25,28-17-19(3)4)23(21-11-13-22(26-5)14-12-21)24-15-20-9-7-6-8-10-20;/h6-14,18-19,23-24H,15-17H2,1-5H3;1H. The fourth-order valence-corrected chi connectivity index (χ4v) is 4.94. The fourth-order valence-electron chi connectivity index (χ4n) is 2.70. The van der Waals surface area contributed by atoms with Crippen LogP contribution in [0.2, 0.25) is 0 Å². The first-order valence-corrected chi connectivity index (χ1v) is 11.7. The molecule has 168 valence electrons. The number of hydrogen-bond donors (Lipinski definition) is 1. The van der Waals surface area contributed by atoms with Crippen LogP contribution in [0.25, 0.3) is 0 Å². The van der Waals surface area contributed by atoms with E-state index in [1.807, 2.05) is 82.3 Å². The van der Waals surface area contributed by atoms with Gasteiger partial charge in [0, 0.05) is 6.54 Å². The van der Waals surface area contributed by atoms with Gasteiger partial charge in [0.25, 0.3) is 0 Å². The van der Waals surface area contributed by atoms with Crippen molar-refractivity contribution in [3.05, 3.63) is 65.7 Å². The van der Waals surface area contributed by atoms with Crippen LogP contribution < -0.4 is 10.1 Å². The Hall–Kier alpha value is -1.36. The Labute approximate surface area is 187 Å². The van der Waals surface area contributed by atoms with E-state index in [0.717, 1.165) is 16.9 Å². The van der Waals surface area contributed by atoms with Gasteiger partial charge >= 0.3 is 7.60 Å². The minimum absolute atomic E-state index is 0. The van der Waals surface area contributed by atoms with Gasteiger partial charge in [0.05, 0.1) is 20.3 Å². The highest BCUT2D eigenvalue weighted by atomic mass is 35.5. The highest BCUT2D eigenvalue weighted by Gasteiger charge is 2.37. The topological polar surface area (TPSA) is 56.8 Å². The molecule has 0 saturated carbocycles. The third-order valence-corrected chi connectivity index (χ3v) is 6.40. The minimum atomic E-state index is -3.47. The lowest BCUT2D eigenvalue weighted by Gasteiger charge is -2.29. The SMILES string of the molecule is COc1ccc(C(NCc2ccccc2)P(=O)(OCC(C)C)OCC(C)C)cc1.Cl. The molecule has 0 amide bonds. The molecule has 0 radical (unpaired) electrons. The summed E-state index contributed by atoms with van der Waals surface area (Å²) in [6, 6.07) is 17.6. The minimum Gasteiger partial charge on any atom is -0.497 e. The zero-order chi connectivity index (χ0) is 21.3. The Kier molecular flexibility index (Phi) is 11.7. The summed E-state index contributed by atoms with van der Waals surface area (Å²) in [4.78, 5) is 0. The highest BCUT2D eigenvalue weighted by molar-refractivity contribution is 7.54. The molecule has 0 aliphatic rings. The van der Waals surface area contributed by atoms with E-state index in [-0.39, 0.29) is 24.2 Å². The third kappa shape index (κ3) is 8.41. The molecule has 0 fully saturated rings. The van der Waals surface area contributed by atoms with Crippen LogP contribution in [0, 0.1) is 11.8 Å². The monoisotopic (exact) mass is 455 g/mol. The number of nitrogens with one attached hydrogen (secondary N) is 1. The molecule has 0 aromatic heterocycles. The predicted molar refractivity (Wildman–Crippen MR) is 125 cm³/mol. The van der Waals surface area contributed by atoms with E-state index >= 15 is 0 Å². The van der Waals surface area contributed by atoms with Crippen LogP contribution in [-0.2, 0) is 20.2 Å². The summed E-state index contributed by atoms with van der Waals surface area (Å²) in [6.07, 6.45) is 0. The average molecular weight is 456 g/mol. The zero-order valence-electron chi connectivity index (χ0n) is 18.5. The van der Waals surface area contributed by atoms with Crippen LogP contribution in [0.3, 0.4) is 0 Å². The maximum atomic E-state index is 14.0. The Balaban J connectivity index is 0.00000450. The van der Waals surface area contributed by atoms with Crippen molar-refractivity contribution in [1.82, 2.24) is 5.32 Å². The number of hydrogen-bond acceptors (Lipinski definition) is 5. The van der Waals surface area contributed by atoms with Gasteiger partial charge in [-0.2, -0.15) is 0 Å². The smallest absolute Gasteiger partial charge is 0.351 e. The van der Waals surface area contributed by atoms with Gasteiger partial charge in [-0.3, -0.25) is 9.88 Å². The molecule has 2 aromatic rings. The predicted octanol–water partition coefficient (Wildman–Crippen LogP) is 6.44. The molecular weight excluding hydrogens is 421 g/mol. The number of rotatable bonds is 12. The van der Waals surface area contributed by atoms with Gasteiger partial charge in [-0.05, 0) is 35.1 Å². The van der Waals surface area contributed by atoms with Crippen molar-refractivity contribution in [3.63, 3.8) is 0 Å². The molecule has 0 bridgehead atoms. The van der Waals surface area contributed by atoms with Gasteiger partial charge in [0.2, 0.25) is 0 Å². The summed E-state index contributed by atoms with van der Waals surface area (Å²) in [6.45, 7) is 9.43. The van der Waals surface area contributed by atoms with E-state index in [1.54, 1.807) is 7.11 Å². The van der Waals surface area contributed by atoms with Crippen LogP contribution in [0.5, 0.6) is 5.75 Å². The second-order valence-electron chi connectivity index (χ2n) is 7.96. The summed E-state index contributed by atoms with van der Waals surface area (Å²) in [5.74, 6) is 0.663. The lowest BCUT2D eigenvalue weighted by molar-refractivity contribution is 0.163. The second-order valence-corrected chi connectivity index (χ2v) is 10.1. The Morgan fingerprint density at radius 1 is 0.867 bits per heavy atom. The van der Waals surface area contributed by atoms with Gasteiger partial charge in [-0.15, -0.1) is 12.4 Å². The first-order chi connectivity index (χ1) is 13.8. The van der Waals surface area contributed by atoms with Crippen molar-refractivity contribution in [1.29, 1.82) is 0 Å². The van der Waals surface area contributed by atoms with E-state index in [4.69, 9.17) is 13.8 Å². The fraction of sp³-hybridized carbons (Fsp3) is 0.478. The number of ether oxygens (including phenoxy) is 1. The second kappa shape index (κ2) is 13.1. The summed E-state index contributed by atoms with van der Waals surface area (Å²) in [5, 5.41) is 3.42. The largest absolute Gasteiger partial charge is 0.497 e. The Morgan fingerprint density at radius 3 is 1.87 bits per heavy atom. The third-order valence-electron chi connectivity index (χ3n) is 4.27. The lowest BCUT2D eigenvalue weighted by Crippen LogP contribution is -2.24. The molecular formula is C23H35ClNO4P. The van der Waals surface area contributed by atoms with E-state index < -0.39 is 13.4 Å². The van der Waals surface area contributed by atoms with Gasteiger partial charge in [0.15, 0.2) is 0 Å². The van der Waals surface area contributed by atoms with Gasteiger partial charge in [-0.25, -0.2) is 0 Å². The van der Waals surface area contributed by atoms with Crippen LogP contribution >= 0.6 is 20.0 Å². The normalized spacial score (nSPS) is 12.6. The van der Waals surface area contributed by atoms with Crippen molar-refractivity contribution in [2.24, 2.45) is 11.8 Å². The maximum absolute atomic E-state index is 14.0. The molecule has 7 heteroatoms. The highest BCUT2D eigenvalue weighted by Crippen LogP contribution is 2.60. The molecule has 1 atom stereocenters. The maximum Gasteiger partial charge on any atom is 0.351 e. The first kappa shape index (κ1) is 26.7. The molecule has 1 unspecified atom stereocenters.